The minimum absolute atomic E-state index is 0.0331. The first-order valence-electron chi connectivity index (χ1n) is 12.3. The number of nitrogens with zero attached hydrogens (tertiary/aromatic N) is 5. The summed E-state index contributed by atoms with van der Waals surface area (Å²) in [5, 5.41) is 9.82. The molecular formula is C29H22FN5O4S. The molecule has 200 valence electrons. The molecule has 0 saturated carbocycles. The number of aromatic nitrogens is 3. The number of amides is 1. The number of carbonyl (C=O) groups is 1. The summed E-state index contributed by atoms with van der Waals surface area (Å²) in [4.78, 5) is 28.1. The molecule has 0 bridgehead atoms. The molecule has 11 heteroatoms. The van der Waals surface area contributed by atoms with Crippen LogP contribution in [0.15, 0.2) is 48.7 Å². The molecule has 1 atom stereocenters. The van der Waals surface area contributed by atoms with E-state index < -0.39 is 17.7 Å². The number of thiazole rings is 1. The first-order chi connectivity index (χ1) is 19.2. The molecule has 2 aromatic heterocycles. The Balaban J connectivity index is 1.34. The van der Waals surface area contributed by atoms with Gasteiger partial charge in [0, 0.05) is 36.9 Å². The fourth-order valence-corrected chi connectivity index (χ4v) is 5.85. The van der Waals surface area contributed by atoms with Gasteiger partial charge in [-0.15, -0.1) is 11.3 Å². The molecule has 0 unspecified atom stereocenters. The summed E-state index contributed by atoms with van der Waals surface area (Å²) < 4.78 is 32.8. The van der Waals surface area contributed by atoms with Crippen molar-refractivity contribution in [2.24, 2.45) is 0 Å². The summed E-state index contributed by atoms with van der Waals surface area (Å²) in [5.74, 6) is -1.60. The van der Waals surface area contributed by atoms with Gasteiger partial charge in [0.15, 0.2) is 11.6 Å². The molecule has 0 N–H and O–H groups in total. The monoisotopic (exact) mass is 555 g/mol. The quantitative estimate of drug-likeness (QED) is 0.259. The Morgan fingerprint density at radius 1 is 1.23 bits per heavy atom. The number of hydrogen-bond donors (Lipinski definition) is 0. The minimum atomic E-state index is -1.45. The number of aryl methyl sites for hydroxylation is 1. The van der Waals surface area contributed by atoms with E-state index in [0.29, 0.717) is 44.3 Å². The van der Waals surface area contributed by atoms with E-state index in [1.54, 1.807) is 37.4 Å². The predicted octanol–water partition coefficient (Wildman–Crippen LogP) is 6.16. The number of rotatable bonds is 4. The van der Waals surface area contributed by atoms with Gasteiger partial charge in [0.1, 0.15) is 5.01 Å². The topological polar surface area (TPSA) is 110 Å². The van der Waals surface area contributed by atoms with E-state index in [1.165, 1.54) is 36.5 Å². The Hall–Kier alpha value is -4.82. The molecule has 0 radical (unpaired) electrons. The summed E-state index contributed by atoms with van der Waals surface area (Å²) in [6.07, 6.45) is 0.974. The van der Waals surface area contributed by atoms with Crippen molar-refractivity contribution in [1.29, 1.82) is 5.26 Å². The number of hydrogen-bond acceptors (Lipinski definition) is 9. The van der Waals surface area contributed by atoms with Gasteiger partial charge < -0.3 is 14.2 Å². The van der Waals surface area contributed by atoms with Crippen molar-refractivity contribution in [2.75, 3.05) is 19.1 Å². The molecule has 1 aliphatic rings. The highest BCUT2D eigenvalue weighted by Crippen LogP contribution is 2.46. The Kier molecular flexibility index (Phi) is 6.00. The van der Waals surface area contributed by atoms with Crippen LogP contribution in [0.4, 0.5) is 14.9 Å². The van der Waals surface area contributed by atoms with E-state index in [9.17, 15) is 10.1 Å². The molecule has 9 nitrogen and oxygen atoms in total. The third-order valence-electron chi connectivity index (χ3n) is 6.65. The Morgan fingerprint density at radius 2 is 2.05 bits per heavy atom. The SMILES string of the molecule is COc1cnc2c(-c3nc4cc(F)c5c(c4s3)C[C@@](C)(OC(=O)N(C)c3cccc(C#N)c3)O5)cc(C)cc2n1. The van der Waals surface area contributed by atoms with Gasteiger partial charge in [-0.1, -0.05) is 6.07 Å². The maximum absolute atomic E-state index is 15.2. The summed E-state index contributed by atoms with van der Waals surface area (Å²) in [6, 6.07) is 13.8. The summed E-state index contributed by atoms with van der Waals surface area (Å²) in [6.45, 7) is 3.55. The van der Waals surface area contributed by atoms with Crippen LogP contribution in [0.3, 0.4) is 0 Å². The largest absolute Gasteiger partial charge is 0.480 e. The average Bonchev–Trinajstić information content (AvgIpc) is 3.53. The zero-order valence-electron chi connectivity index (χ0n) is 22.0. The number of fused-ring (bicyclic) bond motifs is 4. The molecule has 40 heavy (non-hydrogen) atoms. The Labute approximate surface area is 232 Å². The Bertz CT molecular complexity index is 1880. The van der Waals surface area contributed by atoms with E-state index >= 15 is 4.39 Å². The van der Waals surface area contributed by atoms with Crippen molar-refractivity contribution in [2.45, 2.75) is 26.1 Å². The average molecular weight is 556 g/mol. The van der Waals surface area contributed by atoms with Crippen LogP contribution in [0, 0.1) is 24.1 Å². The van der Waals surface area contributed by atoms with Crippen molar-refractivity contribution in [3.05, 3.63) is 71.2 Å². The van der Waals surface area contributed by atoms with Gasteiger partial charge in [-0.3, -0.25) is 4.90 Å². The van der Waals surface area contributed by atoms with Crippen LogP contribution in [0.2, 0.25) is 0 Å². The molecular weight excluding hydrogens is 533 g/mol. The molecule has 1 amide bonds. The number of halogens is 1. The lowest BCUT2D eigenvalue weighted by Gasteiger charge is -2.27. The predicted molar refractivity (Wildman–Crippen MR) is 148 cm³/mol. The minimum Gasteiger partial charge on any atom is -0.480 e. The second-order valence-electron chi connectivity index (χ2n) is 9.63. The summed E-state index contributed by atoms with van der Waals surface area (Å²) >= 11 is 1.39. The number of methoxy groups -OCH3 is 1. The van der Waals surface area contributed by atoms with Crippen molar-refractivity contribution in [3.63, 3.8) is 0 Å². The van der Waals surface area contributed by atoms with Gasteiger partial charge >= 0.3 is 6.09 Å². The van der Waals surface area contributed by atoms with E-state index in [2.05, 4.69) is 9.97 Å². The maximum atomic E-state index is 15.2. The molecule has 5 aromatic rings. The molecule has 1 aliphatic heterocycles. The van der Waals surface area contributed by atoms with E-state index in [4.69, 9.17) is 19.2 Å². The molecule has 3 aromatic carbocycles. The number of nitriles is 1. The van der Waals surface area contributed by atoms with E-state index in [-0.39, 0.29) is 12.2 Å². The lowest BCUT2D eigenvalue weighted by atomic mass is 10.1. The lowest BCUT2D eigenvalue weighted by molar-refractivity contribution is -0.108. The van der Waals surface area contributed by atoms with E-state index in [0.717, 1.165) is 15.8 Å². The van der Waals surface area contributed by atoms with Crippen LogP contribution in [-0.2, 0) is 11.2 Å². The zero-order chi connectivity index (χ0) is 28.2. The summed E-state index contributed by atoms with van der Waals surface area (Å²) in [7, 11) is 3.07. The number of ether oxygens (including phenoxy) is 3. The number of anilines is 1. The standard InChI is InChI=1S/C29H22FN5O4S/c1-15-8-18(24-21(9-15)33-23(37-4)14-32-24)27-34-22-11-20(30)25-19(26(22)40-27)12-29(2,38-25)39-28(36)35(3)17-7-5-6-16(10-17)13-31/h5-11,14H,12H2,1-4H3/t29-/m1/s1. The molecule has 6 rings (SSSR count). The van der Waals surface area contributed by atoms with Crippen LogP contribution < -0.4 is 14.4 Å². The molecule has 0 aliphatic carbocycles. The third kappa shape index (κ3) is 4.32. The van der Waals surface area contributed by atoms with Gasteiger partial charge in [0.05, 0.1) is 52.6 Å². The maximum Gasteiger partial charge on any atom is 0.417 e. The zero-order valence-corrected chi connectivity index (χ0v) is 22.8. The highest BCUT2D eigenvalue weighted by Gasteiger charge is 2.43. The normalized spacial score (nSPS) is 15.9. The number of benzene rings is 3. The number of carbonyl (C=O) groups excluding carboxylic acids is 1. The van der Waals surface area contributed by atoms with Crippen LogP contribution in [0.5, 0.6) is 11.6 Å². The fourth-order valence-electron chi connectivity index (χ4n) is 4.75. The van der Waals surface area contributed by atoms with Gasteiger partial charge in [-0.25, -0.2) is 24.1 Å². The van der Waals surface area contributed by atoms with Gasteiger partial charge in [-0.2, -0.15) is 5.26 Å². The second-order valence-corrected chi connectivity index (χ2v) is 10.6. The van der Waals surface area contributed by atoms with Crippen LogP contribution in [0.1, 0.15) is 23.6 Å². The van der Waals surface area contributed by atoms with Gasteiger partial charge in [0.25, 0.3) is 5.79 Å². The molecule has 0 fully saturated rings. The fraction of sp³-hybridized carbons (Fsp3) is 0.207. The van der Waals surface area contributed by atoms with Crippen molar-refractivity contribution in [1.82, 2.24) is 15.0 Å². The van der Waals surface area contributed by atoms with Crippen molar-refractivity contribution < 1.29 is 23.4 Å². The van der Waals surface area contributed by atoms with Crippen molar-refractivity contribution >= 4 is 44.4 Å². The van der Waals surface area contributed by atoms with Gasteiger partial charge in [0.2, 0.25) is 5.88 Å². The van der Waals surface area contributed by atoms with Crippen LogP contribution >= 0.6 is 11.3 Å². The first-order valence-corrected chi connectivity index (χ1v) is 13.1. The first kappa shape index (κ1) is 25.5. The third-order valence-corrected chi connectivity index (χ3v) is 7.81. The van der Waals surface area contributed by atoms with Crippen LogP contribution in [0.25, 0.3) is 31.8 Å². The molecule has 0 saturated heterocycles. The second kappa shape index (κ2) is 9.43. The van der Waals surface area contributed by atoms with Gasteiger partial charge in [-0.05, 0) is 42.8 Å². The lowest BCUT2D eigenvalue weighted by Crippen LogP contribution is -2.41. The smallest absolute Gasteiger partial charge is 0.417 e. The van der Waals surface area contributed by atoms with Crippen LogP contribution in [-0.4, -0.2) is 41.0 Å². The highest BCUT2D eigenvalue weighted by molar-refractivity contribution is 7.22. The Morgan fingerprint density at radius 3 is 2.83 bits per heavy atom. The molecule has 3 heterocycles. The van der Waals surface area contributed by atoms with Crippen molar-refractivity contribution in [3.8, 4) is 28.3 Å². The molecule has 0 spiro atoms. The summed E-state index contributed by atoms with van der Waals surface area (Å²) in [5.41, 5.74) is 4.99. The highest BCUT2D eigenvalue weighted by atomic mass is 32.1. The van der Waals surface area contributed by atoms with E-state index in [1.807, 2.05) is 25.1 Å².